The number of aromatic nitrogens is 2. The lowest BCUT2D eigenvalue weighted by Crippen LogP contribution is -1.97. The fourth-order valence-electron chi connectivity index (χ4n) is 1.97. The molecule has 0 unspecified atom stereocenters. The van der Waals surface area contributed by atoms with Crippen molar-refractivity contribution in [1.29, 1.82) is 0 Å². The highest BCUT2D eigenvalue weighted by Gasteiger charge is 2.12. The van der Waals surface area contributed by atoms with Crippen molar-refractivity contribution in [3.63, 3.8) is 0 Å². The minimum atomic E-state index is 0.526. The molecule has 0 aliphatic carbocycles. The summed E-state index contributed by atoms with van der Waals surface area (Å²) in [5.74, 6) is 0.842. The maximum atomic E-state index is 6.11. The summed E-state index contributed by atoms with van der Waals surface area (Å²) in [7, 11) is 1.66. The Balaban J connectivity index is 2.58. The molecule has 0 aliphatic rings. The Hall–Kier alpha value is -1.61. The second-order valence-corrected chi connectivity index (χ2v) is 4.38. The second kappa shape index (κ2) is 5.36. The Morgan fingerprint density at radius 3 is 2.67 bits per heavy atom. The zero-order valence-corrected chi connectivity index (χ0v) is 11.5. The van der Waals surface area contributed by atoms with E-state index in [1.165, 1.54) is 6.33 Å². The van der Waals surface area contributed by atoms with E-state index in [4.69, 9.17) is 16.3 Å². The minimum Gasteiger partial charge on any atom is -0.497 e. The van der Waals surface area contributed by atoms with Crippen molar-refractivity contribution < 1.29 is 4.74 Å². The standard InChI is InChI=1S/C14H15ClN2O/c1-4-11-13(16-8-17-14(11)15)12-6-5-10(18-3)7-9(12)2/h5-8H,4H2,1-3H3. The molecule has 0 N–H and O–H groups in total. The number of nitrogens with zero attached hydrogens (tertiary/aromatic N) is 2. The number of benzene rings is 1. The number of hydrogen-bond acceptors (Lipinski definition) is 3. The highest BCUT2D eigenvalue weighted by atomic mass is 35.5. The van der Waals surface area contributed by atoms with Gasteiger partial charge in [-0.15, -0.1) is 0 Å². The van der Waals surface area contributed by atoms with E-state index >= 15 is 0 Å². The molecule has 0 radical (unpaired) electrons. The Kier molecular flexibility index (Phi) is 3.82. The van der Waals surface area contributed by atoms with E-state index in [0.29, 0.717) is 5.15 Å². The zero-order valence-electron chi connectivity index (χ0n) is 10.7. The van der Waals surface area contributed by atoms with E-state index in [1.807, 2.05) is 32.0 Å². The molecule has 1 heterocycles. The summed E-state index contributed by atoms with van der Waals surface area (Å²) in [6.07, 6.45) is 2.31. The Morgan fingerprint density at radius 1 is 1.28 bits per heavy atom. The molecule has 0 saturated carbocycles. The van der Waals surface area contributed by atoms with E-state index in [0.717, 1.165) is 34.6 Å². The molecule has 18 heavy (non-hydrogen) atoms. The second-order valence-electron chi connectivity index (χ2n) is 4.03. The summed E-state index contributed by atoms with van der Waals surface area (Å²) >= 11 is 6.11. The number of halogens is 1. The van der Waals surface area contributed by atoms with Crippen LogP contribution in [0.2, 0.25) is 5.15 Å². The smallest absolute Gasteiger partial charge is 0.136 e. The predicted molar refractivity (Wildman–Crippen MR) is 73.1 cm³/mol. The van der Waals surface area contributed by atoms with Crippen molar-refractivity contribution in [3.05, 3.63) is 40.8 Å². The molecule has 2 aromatic rings. The van der Waals surface area contributed by atoms with Crippen molar-refractivity contribution in [2.24, 2.45) is 0 Å². The van der Waals surface area contributed by atoms with Gasteiger partial charge in [0.1, 0.15) is 17.2 Å². The average molecular weight is 263 g/mol. The average Bonchev–Trinajstić information content (AvgIpc) is 2.38. The quantitative estimate of drug-likeness (QED) is 0.792. The van der Waals surface area contributed by atoms with Gasteiger partial charge in [-0.25, -0.2) is 9.97 Å². The van der Waals surface area contributed by atoms with Crippen molar-refractivity contribution >= 4 is 11.6 Å². The van der Waals surface area contributed by atoms with Gasteiger partial charge in [-0.05, 0) is 37.1 Å². The zero-order chi connectivity index (χ0) is 13.1. The van der Waals surface area contributed by atoms with Crippen LogP contribution >= 0.6 is 11.6 Å². The lowest BCUT2D eigenvalue weighted by Gasteiger charge is -2.11. The van der Waals surface area contributed by atoms with Crippen LogP contribution in [0, 0.1) is 6.92 Å². The van der Waals surface area contributed by atoms with Gasteiger partial charge in [0, 0.05) is 11.1 Å². The van der Waals surface area contributed by atoms with Crippen LogP contribution in [-0.4, -0.2) is 17.1 Å². The topological polar surface area (TPSA) is 35.0 Å². The van der Waals surface area contributed by atoms with Crippen LogP contribution in [0.25, 0.3) is 11.3 Å². The Morgan fingerprint density at radius 2 is 2.06 bits per heavy atom. The third-order valence-electron chi connectivity index (χ3n) is 2.94. The highest BCUT2D eigenvalue weighted by molar-refractivity contribution is 6.30. The first-order valence-electron chi connectivity index (χ1n) is 5.81. The van der Waals surface area contributed by atoms with Gasteiger partial charge in [-0.2, -0.15) is 0 Å². The van der Waals surface area contributed by atoms with Crippen molar-refractivity contribution in [3.8, 4) is 17.0 Å². The molecule has 2 rings (SSSR count). The van der Waals surface area contributed by atoms with Gasteiger partial charge in [0.2, 0.25) is 0 Å². The van der Waals surface area contributed by atoms with Crippen LogP contribution in [0.3, 0.4) is 0 Å². The Bertz CT molecular complexity index is 570. The summed E-state index contributed by atoms with van der Waals surface area (Å²) in [6.45, 7) is 4.08. The third-order valence-corrected chi connectivity index (χ3v) is 3.26. The number of rotatable bonds is 3. The van der Waals surface area contributed by atoms with Crippen molar-refractivity contribution in [2.75, 3.05) is 7.11 Å². The molecule has 0 atom stereocenters. The molecule has 0 amide bonds. The fourth-order valence-corrected chi connectivity index (χ4v) is 2.23. The van der Waals surface area contributed by atoms with E-state index in [1.54, 1.807) is 7.11 Å². The van der Waals surface area contributed by atoms with Gasteiger partial charge >= 0.3 is 0 Å². The molecule has 1 aromatic carbocycles. The molecule has 4 heteroatoms. The highest BCUT2D eigenvalue weighted by Crippen LogP contribution is 2.30. The van der Waals surface area contributed by atoms with E-state index < -0.39 is 0 Å². The SMILES string of the molecule is CCc1c(Cl)ncnc1-c1ccc(OC)cc1C. The van der Waals surface area contributed by atoms with E-state index in [-0.39, 0.29) is 0 Å². The van der Waals surface area contributed by atoms with Crippen LogP contribution in [-0.2, 0) is 6.42 Å². The van der Waals surface area contributed by atoms with Crippen LogP contribution in [0.15, 0.2) is 24.5 Å². The van der Waals surface area contributed by atoms with Gasteiger partial charge in [0.05, 0.1) is 12.8 Å². The monoisotopic (exact) mass is 262 g/mol. The lowest BCUT2D eigenvalue weighted by molar-refractivity contribution is 0.414. The maximum absolute atomic E-state index is 6.11. The number of aryl methyl sites for hydroxylation is 1. The van der Waals surface area contributed by atoms with Gasteiger partial charge in [-0.3, -0.25) is 0 Å². The van der Waals surface area contributed by atoms with Gasteiger partial charge in [0.15, 0.2) is 0 Å². The predicted octanol–water partition coefficient (Wildman–Crippen LogP) is 3.68. The van der Waals surface area contributed by atoms with Gasteiger partial charge in [-0.1, -0.05) is 18.5 Å². The van der Waals surface area contributed by atoms with E-state index in [9.17, 15) is 0 Å². The van der Waals surface area contributed by atoms with Crippen molar-refractivity contribution in [1.82, 2.24) is 9.97 Å². The maximum Gasteiger partial charge on any atom is 0.136 e. The largest absolute Gasteiger partial charge is 0.497 e. The summed E-state index contributed by atoms with van der Waals surface area (Å²) in [4.78, 5) is 8.39. The molecule has 0 bridgehead atoms. The van der Waals surface area contributed by atoms with Crippen LogP contribution in [0.1, 0.15) is 18.1 Å². The molecular formula is C14H15ClN2O. The normalized spacial score (nSPS) is 10.4. The molecule has 0 saturated heterocycles. The van der Waals surface area contributed by atoms with Crippen LogP contribution in [0.4, 0.5) is 0 Å². The molecule has 3 nitrogen and oxygen atoms in total. The molecule has 0 spiro atoms. The van der Waals surface area contributed by atoms with Gasteiger partial charge < -0.3 is 4.74 Å². The molecule has 94 valence electrons. The first-order chi connectivity index (χ1) is 8.67. The first-order valence-corrected chi connectivity index (χ1v) is 6.19. The number of methoxy groups -OCH3 is 1. The fraction of sp³-hybridized carbons (Fsp3) is 0.286. The van der Waals surface area contributed by atoms with Gasteiger partial charge in [0.25, 0.3) is 0 Å². The molecular weight excluding hydrogens is 248 g/mol. The summed E-state index contributed by atoms with van der Waals surface area (Å²) in [5, 5.41) is 0.526. The number of ether oxygens (including phenoxy) is 1. The first kappa shape index (κ1) is 12.8. The lowest BCUT2D eigenvalue weighted by atomic mass is 10.0. The third kappa shape index (κ3) is 2.31. The molecule has 0 aliphatic heterocycles. The summed E-state index contributed by atoms with van der Waals surface area (Å²) < 4.78 is 5.21. The number of hydrogen-bond donors (Lipinski definition) is 0. The van der Waals surface area contributed by atoms with Crippen LogP contribution in [0.5, 0.6) is 5.75 Å². The van der Waals surface area contributed by atoms with Crippen molar-refractivity contribution in [2.45, 2.75) is 20.3 Å². The van der Waals surface area contributed by atoms with Crippen LogP contribution < -0.4 is 4.74 Å². The summed E-state index contributed by atoms with van der Waals surface area (Å²) in [6, 6.07) is 5.93. The minimum absolute atomic E-state index is 0.526. The molecule has 0 fully saturated rings. The van der Waals surface area contributed by atoms with E-state index in [2.05, 4.69) is 9.97 Å². The summed E-state index contributed by atoms with van der Waals surface area (Å²) in [5.41, 5.74) is 4.06. The Labute approximate surface area is 112 Å². The molecule has 1 aromatic heterocycles.